The molecule has 0 aliphatic carbocycles. The first-order valence-electron chi connectivity index (χ1n) is 9.39. The van der Waals surface area contributed by atoms with Crippen molar-refractivity contribution in [1.82, 2.24) is 10.2 Å². The summed E-state index contributed by atoms with van der Waals surface area (Å²) in [5.74, 6) is -0.403. The van der Waals surface area contributed by atoms with E-state index in [1.54, 1.807) is 24.0 Å². The highest BCUT2D eigenvalue weighted by molar-refractivity contribution is 6.58. The minimum Gasteiger partial charge on any atom is -0.316 e. The van der Waals surface area contributed by atoms with Gasteiger partial charge in [0.25, 0.3) is 0 Å². The van der Waals surface area contributed by atoms with Crippen molar-refractivity contribution in [2.75, 3.05) is 0 Å². The fourth-order valence-corrected chi connectivity index (χ4v) is 3.28. The molecule has 6 heteroatoms. The van der Waals surface area contributed by atoms with E-state index >= 15 is 0 Å². The molecule has 0 saturated carbocycles. The predicted molar refractivity (Wildman–Crippen MR) is 120 cm³/mol. The second-order valence-corrected chi connectivity index (χ2v) is 7.81. The Morgan fingerprint density at radius 3 is 1.90 bits per heavy atom. The number of aryl methyl sites for hydroxylation is 1. The summed E-state index contributed by atoms with van der Waals surface area (Å²) < 4.78 is 13.9. The molecule has 0 spiro atoms. The van der Waals surface area contributed by atoms with E-state index in [9.17, 15) is 9.18 Å². The van der Waals surface area contributed by atoms with E-state index in [-0.39, 0.29) is 10.2 Å². The summed E-state index contributed by atoms with van der Waals surface area (Å²) in [5, 5.41) is 2.76. The molecule has 3 nitrogen and oxygen atoms in total. The highest BCUT2D eigenvalue weighted by atomic mass is 35.5. The number of carbonyl (C=O) groups excluding carboxylic acids is 1. The largest absolute Gasteiger partial charge is 0.322 e. The number of nitrogens with zero attached hydrogens (tertiary/aromatic N) is 1. The van der Waals surface area contributed by atoms with Crippen molar-refractivity contribution >= 4 is 34.9 Å². The molecule has 154 valence electrons. The van der Waals surface area contributed by atoms with E-state index in [4.69, 9.17) is 23.2 Å². The minimum absolute atomic E-state index is 0.147. The maximum atomic E-state index is 14.0. The SMILES string of the molecule is Cc1ccc(C(NC(=O)N(Cc2ccccc2)Cc2ccccc2)=C(Cl)Cl)cc1F. The van der Waals surface area contributed by atoms with Crippen LogP contribution in [-0.4, -0.2) is 10.9 Å². The van der Waals surface area contributed by atoms with Crippen LogP contribution in [-0.2, 0) is 13.1 Å². The van der Waals surface area contributed by atoms with Crippen molar-refractivity contribution in [3.05, 3.63) is 111 Å². The number of nitrogens with one attached hydrogen (secondary N) is 1. The lowest BCUT2D eigenvalue weighted by atomic mass is 10.1. The van der Waals surface area contributed by atoms with Crippen LogP contribution in [0.25, 0.3) is 5.70 Å². The van der Waals surface area contributed by atoms with Crippen LogP contribution in [0.2, 0.25) is 0 Å². The first-order valence-corrected chi connectivity index (χ1v) is 10.1. The first kappa shape index (κ1) is 21.9. The molecule has 0 aliphatic rings. The van der Waals surface area contributed by atoms with Crippen LogP contribution in [0.5, 0.6) is 0 Å². The van der Waals surface area contributed by atoms with E-state index in [2.05, 4.69) is 5.32 Å². The van der Waals surface area contributed by atoms with Gasteiger partial charge in [0.05, 0.1) is 5.70 Å². The van der Waals surface area contributed by atoms with Gasteiger partial charge in [0, 0.05) is 18.7 Å². The number of benzene rings is 3. The number of hydrogen-bond donors (Lipinski definition) is 1. The van der Waals surface area contributed by atoms with E-state index < -0.39 is 11.8 Å². The smallest absolute Gasteiger partial charge is 0.316 e. The zero-order valence-electron chi connectivity index (χ0n) is 16.4. The Hall–Kier alpha value is -2.82. The van der Waals surface area contributed by atoms with Gasteiger partial charge in [-0.05, 0) is 29.7 Å². The Morgan fingerprint density at radius 2 is 1.43 bits per heavy atom. The minimum atomic E-state index is -0.403. The van der Waals surface area contributed by atoms with Crippen LogP contribution in [0.1, 0.15) is 22.3 Å². The predicted octanol–water partition coefficient (Wildman–Crippen LogP) is 6.65. The van der Waals surface area contributed by atoms with Gasteiger partial charge < -0.3 is 10.2 Å². The van der Waals surface area contributed by atoms with Crippen LogP contribution < -0.4 is 5.32 Å². The summed E-state index contributed by atoms with van der Waals surface area (Å²) in [6, 6.07) is 23.5. The summed E-state index contributed by atoms with van der Waals surface area (Å²) in [6.07, 6.45) is 0. The Kier molecular flexibility index (Phi) is 7.50. The fourth-order valence-electron chi connectivity index (χ4n) is 2.97. The Labute approximate surface area is 185 Å². The van der Waals surface area contributed by atoms with Crippen molar-refractivity contribution in [3.63, 3.8) is 0 Å². The van der Waals surface area contributed by atoms with Crippen molar-refractivity contribution in [3.8, 4) is 0 Å². The normalized spacial score (nSPS) is 10.4. The second kappa shape index (κ2) is 10.3. The summed E-state index contributed by atoms with van der Waals surface area (Å²) >= 11 is 12.1. The maximum Gasteiger partial charge on any atom is 0.322 e. The lowest BCUT2D eigenvalue weighted by Crippen LogP contribution is -2.38. The van der Waals surface area contributed by atoms with Gasteiger partial charge in [-0.1, -0.05) is 96.0 Å². The Balaban J connectivity index is 1.86. The number of rotatable bonds is 6. The van der Waals surface area contributed by atoms with Gasteiger partial charge in [0.2, 0.25) is 0 Å². The molecule has 0 bridgehead atoms. The van der Waals surface area contributed by atoms with Crippen molar-refractivity contribution < 1.29 is 9.18 Å². The molecule has 0 saturated heterocycles. The molecule has 2 amide bonds. The van der Waals surface area contributed by atoms with E-state index in [0.29, 0.717) is 24.2 Å². The molecular weight excluding hydrogens is 422 g/mol. The zero-order chi connectivity index (χ0) is 21.5. The van der Waals surface area contributed by atoms with Gasteiger partial charge in [0.15, 0.2) is 0 Å². The lowest BCUT2D eigenvalue weighted by molar-refractivity contribution is 0.197. The summed E-state index contributed by atoms with van der Waals surface area (Å²) in [4.78, 5) is 14.8. The van der Waals surface area contributed by atoms with Gasteiger partial charge >= 0.3 is 6.03 Å². The molecule has 30 heavy (non-hydrogen) atoms. The van der Waals surface area contributed by atoms with E-state index in [1.807, 2.05) is 60.7 Å². The van der Waals surface area contributed by atoms with Crippen molar-refractivity contribution in [1.29, 1.82) is 0 Å². The third kappa shape index (κ3) is 5.85. The van der Waals surface area contributed by atoms with Crippen LogP contribution in [0.4, 0.5) is 9.18 Å². The molecule has 0 unspecified atom stereocenters. The zero-order valence-corrected chi connectivity index (χ0v) is 17.9. The third-order valence-electron chi connectivity index (χ3n) is 4.60. The molecule has 0 aromatic heterocycles. The first-order chi connectivity index (χ1) is 14.4. The topological polar surface area (TPSA) is 32.3 Å². The molecule has 0 fully saturated rings. The quantitative estimate of drug-likeness (QED) is 0.455. The van der Waals surface area contributed by atoms with Crippen molar-refractivity contribution in [2.45, 2.75) is 20.0 Å². The van der Waals surface area contributed by atoms with Crippen LogP contribution in [0.15, 0.2) is 83.4 Å². The van der Waals surface area contributed by atoms with Crippen LogP contribution in [0, 0.1) is 12.7 Å². The Morgan fingerprint density at radius 1 is 0.900 bits per heavy atom. The van der Waals surface area contributed by atoms with Crippen LogP contribution >= 0.6 is 23.2 Å². The third-order valence-corrected chi connectivity index (χ3v) is 4.98. The standard InChI is InChI=1S/C24H21Cl2FN2O/c1-17-12-13-20(14-21(17)27)22(23(25)26)28-24(30)29(15-18-8-4-2-5-9-18)16-19-10-6-3-7-11-19/h2-14H,15-16H2,1H3,(H,28,30). The molecule has 3 aromatic carbocycles. The molecule has 0 heterocycles. The average molecular weight is 443 g/mol. The summed E-state index contributed by atoms with van der Waals surface area (Å²) in [6.45, 7) is 2.43. The van der Waals surface area contributed by atoms with Gasteiger partial charge in [0.1, 0.15) is 10.3 Å². The van der Waals surface area contributed by atoms with Crippen LogP contribution in [0.3, 0.4) is 0 Å². The Bertz CT molecular complexity index is 994. The molecule has 0 aliphatic heterocycles. The fraction of sp³-hybridized carbons (Fsp3) is 0.125. The summed E-state index contributed by atoms with van der Waals surface area (Å²) in [7, 11) is 0. The van der Waals surface area contributed by atoms with Gasteiger partial charge in [-0.15, -0.1) is 0 Å². The van der Waals surface area contributed by atoms with E-state index in [0.717, 1.165) is 11.1 Å². The average Bonchev–Trinajstić information content (AvgIpc) is 2.75. The molecule has 0 atom stereocenters. The molecule has 0 radical (unpaired) electrons. The highest BCUT2D eigenvalue weighted by Crippen LogP contribution is 2.24. The number of hydrogen-bond acceptors (Lipinski definition) is 1. The van der Waals surface area contributed by atoms with Gasteiger partial charge in [-0.3, -0.25) is 0 Å². The number of carbonyl (C=O) groups is 1. The lowest BCUT2D eigenvalue weighted by Gasteiger charge is -2.24. The second-order valence-electron chi connectivity index (χ2n) is 6.86. The molecule has 1 N–H and O–H groups in total. The monoisotopic (exact) mass is 442 g/mol. The number of halogens is 3. The van der Waals surface area contributed by atoms with Gasteiger partial charge in [-0.25, -0.2) is 9.18 Å². The molecular formula is C24H21Cl2FN2O. The summed E-state index contributed by atoms with van der Waals surface area (Å²) in [5.41, 5.74) is 3.00. The maximum absolute atomic E-state index is 14.0. The molecule has 3 aromatic rings. The van der Waals surface area contributed by atoms with E-state index in [1.165, 1.54) is 6.07 Å². The van der Waals surface area contributed by atoms with Gasteiger partial charge in [-0.2, -0.15) is 0 Å². The highest BCUT2D eigenvalue weighted by Gasteiger charge is 2.19. The molecule has 3 rings (SSSR count). The number of amides is 2. The number of urea groups is 1. The van der Waals surface area contributed by atoms with Crippen molar-refractivity contribution in [2.24, 2.45) is 0 Å².